The molecule has 17 heavy (non-hydrogen) atoms. The Balaban J connectivity index is 0.000000239. The highest BCUT2D eigenvalue weighted by Gasteiger charge is 2.09. The molecule has 1 heterocycles. The lowest BCUT2D eigenvalue weighted by molar-refractivity contribution is 0.198. The first-order valence-corrected chi connectivity index (χ1v) is 6.76. The van der Waals surface area contributed by atoms with E-state index in [1.807, 2.05) is 0 Å². The number of benzene rings is 1. The lowest BCUT2D eigenvalue weighted by Crippen LogP contribution is -2.00. The van der Waals surface area contributed by atoms with Gasteiger partial charge in [-0.3, -0.25) is 4.55 Å². The normalized spacial score (nSPS) is 15.2. The van der Waals surface area contributed by atoms with Crippen LogP contribution in [-0.2, 0) is 14.9 Å². The molecule has 3 N–H and O–H groups in total. The van der Waals surface area contributed by atoms with E-state index >= 15 is 0 Å². The molecule has 0 bridgehead atoms. The molecule has 1 aromatic rings. The van der Waals surface area contributed by atoms with Crippen LogP contribution in [0, 0.1) is 6.92 Å². The highest BCUT2D eigenvalue weighted by Crippen LogP contribution is 2.16. The number of hydrogen-bond donors (Lipinski definition) is 2. The molecule has 1 aromatic carbocycles. The molecular weight excluding hydrogens is 242 g/mol. The Kier molecular flexibility index (Phi) is 4.92. The van der Waals surface area contributed by atoms with Gasteiger partial charge in [-0.2, -0.15) is 8.42 Å². The Hall–Kier alpha value is -1.11. The van der Waals surface area contributed by atoms with Crippen molar-refractivity contribution in [3.63, 3.8) is 0 Å². The molecule has 0 amide bonds. The van der Waals surface area contributed by atoms with Crippen molar-refractivity contribution in [2.45, 2.75) is 24.7 Å². The smallest absolute Gasteiger partial charge is 0.294 e. The van der Waals surface area contributed by atoms with E-state index < -0.39 is 10.1 Å². The van der Waals surface area contributed by atoms with Crippen LogP contribution in [-0.4, -0.2) is 26.2 Å². The molecule has 0 aliphatic carbocycles. The largest absolute Gasteiger partial charge is 0.398 e. The van der Waals surface area contributed by atoms with Gasteiger partial charge in [-0.15, -0.1) is 0 Å². The number of nitrogen functional groups attached to an aromatic ring is 1. The van der Waals surface area contributed by atoms with Crippen LogP contribution < -0.4 is 5.73 Å². The van der Waals surface area contributed by atoms with Crippen molar-refractivity contribution in [2.24, 2.45) is 0 Å². The fourth-order valence-electron chi connectivity index (χ4n) is 1.29. The highest BCUT2D eigenvalue weighted by atomic mass is 32.2. The van der Waals surface area contributed by atoms with Crippen LogP contribution in [0.1, 0.15) is 18.4 Å². The Bertz CT molecular complexity index is 459. The van der Waals surface area contributed by atoms with Crippen molar-refractivity contribution < 1.29 is 17.7 Å². The van der Waals surface area contributed by atoms with E-state index in [9.17, 15) is 8.42 Å². The first-order chi connectivity index (χ1) is 7.91. The van der Waals surface area contributed by atoms with Crippen LogP contribution in [0.15, 0.2) is 23.1 Å². The third-order valence-electron chi connectivity index (χ3n) is 2.38. The van der Waals surface area contributed by atoms with Gasteiger partial charge in [0.25, 0.3) is 10.1 Å². The average Bonchev–Trinajstić information content (AvgIpc) is 2.78. The molecule has 0 aromatic heterocycles. The number of rotatable bonds is 1. The Labute approximate surface area is 101 Å². The lowest BCUT2D eigenvalue weighted by Gasteiger charge is -2.01. The fraction of sp³-hybridized carbons (Fsp3) is 0.455. The monoisotopic (exact) mass is 259 g/mol. The summed E-state index contributed by atoms with van der Waals surface area (Å²) in [6, 6.07) is 4.07. The number of hydrogen-bond acceptors (Lipinski definition) is 4. The zero-order valence-corrected chi connectivity index (χ0v) is 10.5. The van der Waals surface area contributed by atoms with Crippen molar-refractivity contribution >= 4 is 15.8 Å². The van der Waals surface area contributed by atoms with E-state index in [0.29, 0.717) is 5.69 Å². The summed E-state index contributed by atoms with van der Waals surface area (Å²) >= 11 is 0. The second kappa shape index (κ2) is 6.00. The maximum Gasteiger partial charge on any atom is 0.294 e. The molecule has 1 aliphatic heterocycles. The minimum atomic E-state index is -4.12. The van der Waals surface area contributed by atoms with Crippen LogP contribution in [0.25, 0.3) is 0 Å². The van der Waals surface area contributed by atoms with Crippen molar-refractivity contribution in [1.29, 1.82) is 0 Å². The summed E-state index contributed by atoms with van der Waals surface area (Å²) in [6.45, 7) is 3.75. The third-order valence-corrected chi connectivity index (χ3v) is 3.23. The van der Waals surface area contributed by atoms with Crippen molar-refractivity contribution in [3.8, 4) is 0 Å². The Morgan fingerprint density at radius 2 is 1.88 bits per heavy atom. The maximum absolute atomic E-state index is 10.6. The van der Waals surface area contributed by atoms with Crippen molar-refractivity contribution in [1.82, 2.24) is 0 Å². The zero-order valence-electron chi connectivity index (χ0n) is 9.72. The number of aryl methyl sites for hydroxylation is 1. The maximum atomic E-state index is 10.6. The molecule has 1 fully saturated rings. The van der Waals surface area contributed by atoms with Gasteiger partial charge in [0.2, 0.25) is 0 Å². The summed E-state index contributed by atoms with van der Waals surface area (Å²) in [5.41, 5.74) is 6.57. The Morgan fingerprint density at radius 1 is 1.29 bits per heavy atom. The molecule has 0 radical (unpaired) electrons. The Morgan fingerprint density at radius 3 is 2.24 bits per heavy atom. The van der Waals surface area contributed by atoms with Crippen LogP contribution in [0.3, 0.4) is 0 Å². The number of ether oxygens (including phenoxy) is 1. The molecule has 1 aliphatic rings. The molecule has 0 saturated carbocycles. The molecule has 0 unspecified atom stereocenters. The van der Waals surface area contributed by atoms with Gasteiger partial charge in [-0.1, -0.05) is 6.07 Å². The first-order valence-electron chi connectivity index (χ1n) is 5.32. The molecule has 2 rings (SSSR count). The fourth-order valence-corrected chi connectivity index (χ4v) is 1.81. The second-order valence-corrected chi connectivity index (χ2v) is 5.23. The van der Waals surface area contributed by atoms with Gasteiger partial charge in [-0.25, -0.2) is 0 Å². The highest BCUT2D eigenvalue weighted by molar-refractivity contribution is 7.85. The summed E-state index contributed by atoms with van der Waals surface area (Å²) in [7, 11) is -4.12. The summed E-state index contributed by atoms with van der Waals surface area (Å²) in [5, 5.41) is 0. The molecule has 1 saturated heterocycles. The van der Waals surface area contributed by atoms with Gasteiger partial charge in [0, 0.05) is 18.9 Å². The van der Waals surface area contributed by atoms with Crippen LogP contribution in [0.5, 0.6) is 0 Å². The van der Waals surface area contributed by atoms with E-state index in [-0.39, 0.29) is 4.90 Å². The predicted octanol–water partition coefficient (Wildman–Crippen LogP) is 1.62. The lowest BCUT2D eigenvalue weighted by atomic mass is 10.2. The quantitative estimate of drug-likeness (QED) is 0.591. The SMILES string of the molecule is C1CCOC1.Cc1ccc(S(=O)(=O)O)cc1N. The minimum Gasteiger partial charge on any atom is -0.398 e. The molecule has 5 nitrogen and oxygen atoms in total. The summed E-state index contributed by atoms with van der Waals surface area (Å²) in [6.07, 6.45) is 2.56. The first kappa shape index (κ1) is 14.0. The molecular formula is C11H17NO4S. The predicted molar refractivity (Wildman–Crippen MR) is 65.5 cm³/mol. The summed E-state index contributed by atoms with van der Waals surface area (Å²) in [5.74, 6) is 0. The van der Waals surface area contributed by atoms with E-state index in [4.69, 9.17) is 15.0 Å². The molecule has 6 heteroatoms. The molecule has 0 spiro atoms. The van der Waals surface area contributed by atoms with E-state index in [1.54, 1.807) is 13.0 Å². The summed E-state index contributed by atoms with van der Waals surface area (Å²) < 4.78 is 34.8. The number of anilines is 1. The molecule has 96 valence electrons. The zero-order chi connectivity index (χ0) is 12.9. The van der Waals surface area contributed by atoms with E-state index in [2.05, 4.69) is 0 Å². The van der Waals surface area contributed by atoms with Crippen molar-refractivity contribution in [3.05, 3.63) is 23.8 Å². The van der Waals surface area contributed by atoms with Gasteiger partial charge in [0.15, 0.2) is 0 Å². The van der Waals surface area contributed by atoms with Gasteiger partial charge in [-0.05, 0) is 37.5 Å². The van der Waals surface area contributed by atoms with Gasteiger partial charge in [0.1, 0.15) is 0 Å². The van der Waals surface area contributed by atoms with E-state index in [0.717, 1.165) is 18.8 Å². The van der Waals surface area contributed by atoms with Gasteiger partial charge in [0.05, 0.1) is 4.90 Å². The van der Waals surface area contributed by atoms with Crippen LogP contribution in [0.2, 0.25) is 0 Å². The van der Waals surface area contributed by atoms with Crippen molar-refractivity contribution in [2.75, 3.05) is 18.9 Å². The standard InChI is InChI=1S/C7H9NO3S.C4H8O/c1-5-2-3-6(4-7(5)8)12(9,10)11;1-2-4-5-3-1/h2-4H,8H2,1H3,(H,9,10,11);1-4H2. The van der Waals surface area contributed by atoms with E-state index in [1.165, 1.54) is 25.0 Å². The topological polar surface area (TPSA) is 89.6 Å². The van der Waals surface area contributed by atoms with Crippen LogP contribution in [0.4, 0.5) is 5.69 Å². The third kappa shape index (κ3) is 4.72. The van der Waals surface area contributed by atoms with Gasteiger partial charge >= 0.3 is 0 Å². The molecule has 0 atom stereocenters. The summed E-state index contributed by atoms with van der Waals surface area (Å²) in [4.78, 5) is -0.175. The van der Waals surface area contributed by atoms with Crippen LogP contribution >= 0.6 is 0 Å². The minimum absolute atomic E-state index is 0.175. The number of nitrogens with two attached hydrogens (primary N) is 1. The second-order valence-electron chi connectivity index (χ2n) is 3.81. The average molecular weight is 259 g/mol. The van der Waals surface area contributed by atoms with Gasteiger partial charge < -0.3 is 10.5 Å².